The minimum absolute atomic E-state index is 0.117. The van der Waals surface area contributed by atoms with Gasteiger partial charge < -0.3 is 10.1 Å². The van der Waals surface area contributed by atoms with E-state index in [1.54, 1.807) is 18.3 Å². The molecule has 2 rings (SSSR count). The summed E-state index contributed by atoms with van der Waals surface area (Å²) in [7, 11) is 0. The summed E-state index contributed by atoms with van der Waals surface area (Å²) in [4.78, 5) is 13.1. The van der Waals surface area contributed by atoms with Crippen LogP contribution in [0, 0.1) is 11.3 Å². The molecule has 1 aromatic carbocycles. The predicted octanol–water partition coefficient (Wildman–Crippen LogP) is 6.56. The van der Waals surface area contributed by atoms with E-state index in [0.29, 0.717) is 9.75 Å². The molecule has 0 spiro atoms. The first kappa shape index (κ1) is 21.7. The molecule has 0 bridgehead atoms. The Hall–Kier alpha value is -2.58. The van der Waals surface area contributed by atoms with Gasteiger partial charge >= 0.3 is 0 Å². The zero-order valence-corrected chi connectivity index (χ0v) is 17.3. The standard InChI is InChI=1S/C23H28N2O2S/c1-2-3-4-5-6-7-8-17-27-20-11-9-19(10-12-20)25-16-15-22(26)23-14-13-21(18-24)28-23/h9-16,25H,2-8,17H2,1H3/b16-15-. The zero-order chi connectivity index (χ0) is 20.0. The summed E-state index contributed by atoms with van der Waals surface area (Å²) in [6.07, 6.45) is 12.0. The van der Waals surface area contributed by atoms with Crippen molar-refractivity contribution in [2.24, 2.45) is 0 Å². The number of hydrogen-bond donors (Lipinski definition) is 1. The summed E-state index contributed by atoms with van der Waals surface area (Å²) < 4.78 is 5.78. The number of allylic oxidation sites excluding steroid dienone is 1. The molecule has 0 fully saturated rings. The van der Waals surface area contributed by atoms with Gasteiger partial charge in [0.2, 0.25) is 0 Å². The van der Waals surface area contributed by atoms with Crippen molar-refractivity contribution in [2.75, 3.05) is 11.9 Å². The topological polar surface area (TPSA) is 62.1 Å². The molecule has 1 aromatic heterocycles. The van der Waals surface area contributed by atoms with Crippen LogP contribution < -0.4 is 10.1 Å². The van der Waals surface area contributed by atoms with Gasteiger partial charge in [-0.2, -0.15) is 5.26 Å². The van der Waals surface area contributed by atoms with Crippen molar-refractivity contribution in [3.63, 3.8) is 0 Å². The van der Waals surface area contributed by atoms with Crippen LogP contribution in [0.25, 0.3) is 0 Å². The zero-order valence-electron chi connectivity index (χ0n) is 16.4. The van der Waals surface area contributed by atoms with Crippen molar-refractivity contribution in [3.8, 4) is 11.8 Å². The second-order valence-corrected chi connectivity index (χ2v) is 7.70. The molecule has 0 unspecified atom stereocenters. The van der Waals surface area contributed by atoms with Crippen molar-refractivity contribution in [1.29, 1.82) is 5.26 Å². The highest BCUT2D eigenvalue weighted by molar-refractivity contribution is 7.14. The first-order valence-electron chi connectivity index (χ1n) is 9.93. The van der Waals surface area contributed by atoms with Gasteiger partial charge in [-0.25, -0.2) is 0 Å². The average Bonchev–Trinajstić information content (AvgIpc) is 3.20. The highest BCUT2D eigenvalue weighted by Gasteiger charge is 2.05. The van der Waals surface area contributed by atoms with Crippen molar-refractivity contribution >= 4 is 22.8 Å². The number of nitrogens with zero attached hydrogens (tertiary/aromatic N) is 1. The van der Waals surface area contributed by atoms with Gasteiger partial charge in [-0.1, -0.05) is 45.4 Å². The number of nitriles is 1. The Bertz CT molecular complexity index is 788. The maximum Gasteiger partial charge on any atom is 0.197 e. The molecule has 0 aliphatic rings. The lowest BCUT2D eigenvalue weighted by Gasteiger charge is -2.07. The monoisotopic (exact) mass is 396 g/mol. The normalized spacial score (nSPS) is 10.7. The van der Waals surface area contributed by atoms with E-state index in [9.17, 15) is 4.79 Å². The van der Waals surface area contributed by atoms with Crippen molar-refractivity contribution in [1.82, 2.24) is 0 Å². The number of thiophene rings is 1. The van der Waals surface area contributed by atoms with Gasteiger partial charge in [-0.15, -0.1) is 11.3 Å². The Morgan fingerprint density at radius 1 is 1.07 bits per heavy atom. The molecular weight excluding hydrogens is 368 g/mol. The molecule has 5 heteroatoms. The van der Waals surface area contributed by atoms with E-state index in [4.69, 9.17) is 10.00 Å². The van der Waals surface area contributed by atoms with E-state index in [1.807, 2.05) is 30.3 Å². The van der Waals surface area contributed by atoms with E-state index in [-0.39, 0.29) is 5.78 Å². The third-order valence-electron chi connectivity index (χ3n) is 4.31. The molecule has 4 nitrogen and oxygen atoms in total. The Labute approximate surface area is 171 Å². The SMILES string of the molecule is CCCCCCCCCOc1ccc(N/C=C\C(=O)c2ccc(C#N)s2)cc1. The number of rotatable bonds is 13. The molecule has 1 N–H and O–H groups in total. The minimum Gasteiger partial charge on any atom is -0.494 e. The van der Waals surface area contributed by atoms with Crippen LogP contribution in [-0.2, 0) is 0 Å². The Kier molecular flexibility index (Phi) is 9.88. The lowest BCUT2D eigenvalue weighted by Crippen LogP contribution is -1.97. The Morgan fingerprint density at radius 3 is 2.46 bits per heavy atom. The van der Waals surface area contributed by atoms with Crippen LogP contribution in [-0.4, -0.2) is 12.4 Å². The molecule has 0 saturated heterocycles. The smallest absolute Gasteiger partial charge is 0.197 e. The molecule has 1 heterocycles. The molecule has 0 aliphatic carbocycles. The number of unbranched alkanes of at least 4 members (excludes halogenated alkanes) is 6. The third kappa shape index (κ3) is 7.98. The molecule has 0 atom stereocenters. The summed E-state index contributed by atoms with van der Waals surface area (Å²) in [5, 5.41) is 11.9. The molecule has 0 radical (unpaired) electrons. The summed E-state index contributed by atoms with van der Waals surface area (Å²) in [6, 6.07) is 13.1. The Balaban J connectivity index is 1.65. The van der Waals surface area contributed by atoms with Gasteiger partial charge in [0.1, 0.15) is 16.7 Å². The number of nitrogens with one attached hydrogen (secondary N) is 1. The van der Waals surface area contributed by atoms with Gasteiger partial charge in [0.05, 0.1) is 11.5 Å². The third-order valence-corrected chi connectivity index (χ3v) is 5.32. The first-order valence-corrected chi connectivity index (χ1v) is 10.7. The molecular formula is C23H28N2O2S. The summed E-state index contributed by atoms with van der Waals surface area (Å²) in [6.45, 7) is 2.99. The predicted molar refractivity (Wildman–Crippen MR) is 116 cm³/mol. The summed E-state index contributed by atoms with van der Waals surface area (Å²) in [5.41, 5.74) is 0.885. The van der Waals surface area contributed by atoms with Crippen LogP contribution in [0.2, 0.25) is 0 Å². The van der Waals surface area contributed by atoms with Gasteiger partial charge in [-0.3, -0.25) is 4.79 Å². The number of benzene rings is 1. The molecule has 0 amide bonds. The number of ketones is 1. The fourth-order valence-electron chi connectivity index (χ4n) is 2.72. The number of carbonyl (C=O) groups excluding carboxylic acids is 1. The van der Waals surface area contributed by atoms with Crippen LogP contribution in [0.3, 0.4) is 0 Å². The summed E-state index contributed by atoms with van der Waals surface area (Å²) >= 11 is 1.20. The number of hydrogen-bond acceptors (Lipinski definition) is 5. The Morgan fingerprint density at radius 2 is 1.79 bits per heavy atom. The van der Waals surface area contributed by atoms with Crippen LogP contribution in [0.4, 0.5) is 5.69 Å². The molecule has 0 saturated carbocycles. The van der Waals surface area contributed by atoms with Crippen LogP contribution in [0.5, 0.6) is 5.75 Å². The first-order chi connectivity index (χ1) is 13.7. The molecule has 0 aliphatic heterocycles. The summed E-state index contributed by atoms with van der Waals surface area (Å²) in [5.74, 6) is 0.743. The van der Waals surface area contributed by atoms with E-state index < -0.39 is 0 Å². The van der Waals surface area contributed by atoms with Gasteiger partial charge in [0.15, 0.2) is 5.78 Å². The number of carbonyl (C=O) groups is 1. The highest BCUT2D eigenvalue weighted by atomic mass is 32.1. The second-order valence-electron chi connectivity index (χ2n) is 6.61. The van der Waals surface area contributed by atoms with Crippen LogP contribution >= 0.6 is 11.3 Å². The average molecular weight is 397 g/mol. The van der Waals surface area contributed by atoms with Crippen molar-refractivity contribution in [3.05, 3.63) is 58.4 Å². The van der Waals surface area contributed by atoms with Gasteiger partial charge in [-0.05, 0) is 42.8 Å². The lowest BCUT2D eigenvalue weighted by atomic mass is 10.1. The fourth-order valence-corrected chi connectivity index (χ4v) is 3.45. The van der Waals surface area contributed by atoms with Gasteiger partial charge in [0.25, 0.3) is 0 Å². The number of anilines is 1. The minimum atomic E-state index is -0.117. The van der Waals surface area contributed by atoms with Gasteiger partial charge in [0, 0.05) is 18.0 Å². The fraction of sp³-hybridized carbons (Fsp3) is 0.391. The lowest BCUT2D eigenvalue weighted by molar-refractivity contribution is 0.105. The number of ether oxygens (including phenoxy) is 1. The maximum atomic E-state index is 12.0. The van der Waals surface area contributed by atoms with Crippen molar-refractivity contribution < 1.29 is 9.53 Å². The molecule has 28 heavy (non-hydrogen) atoms. The van der Waals surface area contributed by atoms with E-state index in [2.05, 4.69) is 12.2 Å². The van der Waals surface area contributed by atoms with Crippen LogP contribution in [0.15, 0.2) is 48.7 Å². The van der Waals surface area contributed by atoms with Crippen molar-refractivity contribution in [2.45, 2.75) is 51.9 Å². The van der Waals surface area contributed by atoms with E-state index >= 15 is 0 Å². The quantitative estimate of drug-likeness (QED) is 0.237. The van der Waals surface area contributed by atoms with E-state index in [1.165, 1.54) is 55.9 Å². The molecule has 148 valence electrons. The highest BCUT2D eigenvalue weighted by Crippen LogP contribution is 2.18. The second kappa shape index (κ2) is 12.7. The van der Waals surface area contributed by atoms with E-state index in [0.717, 1.165) is 24.5 Å². The molecule has 2 aromatic rings. The van der Waals surface area contributed by atoms with Crippen LogP contribution in [0.1, 0.15) is 66.4 Å². The maximum absolute atomic E-state index is 12.0. The largest absolute Gasteiger partial charge is 0.494 e.